The van der Waals surface area contributed by atoms with Gasteiger partial charge in [-0.25, -0.2) is 0 Å². The topological polar surface area (TPSA) is 31.4 Å². The third-order valence-corrected chi connectivity index (χ3v) is 3.88. The number of hydrogen-bond donors (Lipinski definition) is 0. The quantitative estimate of drug-likeness (QED) is 0.832. The molecule has 1 heterocycles. The van der Waals surface area contributed by atoms with E-state index in [1.54, 1.807) is 14.2 Å². The van der Waals surface area contributed by atoms with Crippen LogP contribution in [0.15, 0.2) is 12.1 Å². The van der Waals surface area contributed by atoms with Crippen molar-refractivity contribution in [3.05, 3.63) is 28.4 Å². The lowest BCUT2D eigenvalue weighted by molar-refractivity contribution is 0.356. The van der Waals surface area contributed by atoms with Gasteiger partial charge in [-0.1, -0.05) is 11.6 Å². The highest BCUT2D eigenvalue weighted by atomic mass is 35.5. The first kappa shape index (κ1) is 11.6. The minimum Gasteiger partial charge on any atom is -0.493 e. The number of benzene rings is 1. The second kappa shape index (κ2) is 4.32. The molecule has 2 aromatic rings. The van der Waals surface area contributed by atoms with Crippen LogP contribution in [0.3, 0.4) is 0 Å². The summed E-state index contributed by atoms with van der Waals surface area (Å²) in [5.41, 5.74) is 3.19. The zero-order valence-corrected chi connectivity index (χ0v) is 11.2. The van der Waals surface area contributed by atoms with Gasteiger partial charge in [-0.15, -0.1) is 0 Å². The maximum atomic E-state index is 6.48. The Labute approximate surface area is 111 Å². The van der Waals surface area contributed by atoms with Gasteiger partial charge in [0.05, 0.1) is 24.8 Å². The summed E-state index contributed by atoms with van der Waals surface area (Å²) < 4.78 is 10.6. The van der Waals surface area contributed by atoms with Crippen LogP contribution in [0.4, 0.5) is 0 Å². The summed E-state index contributed by atoms with van der Waals surface area (Å²) in [7, 11) is 3.25. The molecular formula is C14H14ClNO2. The Morgan fingerprint density at radius 1 is 1.11 bits per heavy atom. The third-order valence-electron chi connectivity index (χ3n) is 3.45. The van der Waals surface area contributed by atoms with Crippen LogP contribution in [0.25, 0.3) is 10.9 Å². The number of methoxy groups -OCH3 is 2. The second-order valence-corrected chi connectivity index (χ2v) is 4.81. The Kier molecular flexibility index (Phi) is 2.78. The molecule has 0 fully saturated rings. The van der Waals surface area contributed by atoms with Crippen LogP contribution in [-0.4, -0.2) is 19.2 Å². The summed E-state index contributed by atoms with van der Waals surface area (Å²) in [5.74, 6) is 1.37. The van der Waals surface area contributed by atoms with E-state index in [2.05, 4.69) is 4.98 Å². The van der Waals surface area contributed by atoms with E-state index in [-0.39, 0.29) is 0 Å². The third kappa shape index (κ3) is 1.62. The van der Waals surface area contributed by atoms with E-state index in [0.29, 0.717) is 11.5 Å². The Balaban J connectivity index is 2.33. The summed E-state index contributed by atoms with van der Waals surface area (Å²) in [6.07, 6.45) is 3.16. The lowest BCUT2D eigenvalue weighted by Crippen LogP contribution is -1.95. The van der Waals surface area contributed by atoms with Crippen LogP contribution in [0.5, 0.6) is 11.5 Å². The molecule has 18 heavy (non-hydrogen) atoms. The number of pyridine rings is 1. The molecule has 1 aromatic carbocycles. The number of halogens is 1. The second-order valence-electron chi connectivity index (χ2n) is 4.43. The predicted molar refractivity (Wildman–Crippen MR) is 71.9 cm³/mol. The van der Waals surface area contributed by atoms with E-state index in [4.69, 9.17) is 21.1 Å². The van der Waals surface area contributed by atoms with E-state index >= 15 is 0 Å². The van der Waals surface area contributed by atoms with Crippen molar-refractivity contribution in [1.82, 2.24) is 4.98 Å². The van der Waals surface area contributed by atoms with Crippen LogP contribution in [0.1, 0.15) is 17.7 Å². The molecule has 0 unspecified atom stereocenters. The fourth-order valence-electron chi connectivity index (χ4n) is 2.53. The SMILES string of the molecule is COc1cc2nc3c(c(Cl)c2cc1OC)CCC3. The average molecular weight is 264 g/mol. The van der Waals surface area contributed by atoms with Crippen molar-refractivity contribution in [3.8, 4) is 11.5 Å². The fraction of sp³-hybridized carbons (Fsp3) is 0.357. The first-order valence-electron chi connectivity index (χ1n) is 5.97. The molecule has 0 atom stereocenters. The lowest BCUT2D eigenvalue weighted by Gasteiger charge is -2.11. The van der Waals surface area contributed by atoms with Gasteiger partial charge in [0.1, 0.15) is 0 Å². The van der Waals surface area contributed by atoms with Crippen molar-refractivity contribution in [2.45, 2.75) is 19.3 Å². The molecule has 0 saturated carbocycles. The van der Waals surface area contributed by atoms with Crippen LogP contribution < -0.4 is 9.47 Å². The number of hydrogen-bond acceptors (Lipinski definition) is 3. The molecule has 0 N–H and O–H groups in total. The summed E-state index contributed by atoms with van der Waals surface area (Å²) in [6, 6.07) is 3.79. The zero-order valence-electron chi connectivity index (χ0n) is 10.4. The van der Waals surface area contributed by atoms with Crippen molar-refractivity contribution >= 4 is 22.5 Å². The number of rotatable bonds is 2. The van der Waals surface area contributed by atoms with Gasteiger partial charge in [0, 0.05) is 17.1 Å². The summed E-state index contributed by atoms with van der Waals surface area (Å²) >= 11 is 6.48. The molecule has 0 saturated heterocycles. The highest BCUT2D eigenvalue weighted by Crippen LogP contribution is 2.38. The Hall–Kier alpha value is -1.48. The van der Waals surface area contributed by atoms with Crippen molar-refractivity contribution in [3.63, 3.8) is 0 Å². The van der Waals surface area contributed by atoms with Crippen LogP contribution in [0.2, 0.25) is 5.02 Å². The fourth-order valence-corrected chi connectivity index (χ4v) is 2.89. The van der Waals surface area contributed by atoms with Gasteiger partial charge in [0.15, 0.2) is 11.5 Å². The minimum atomic E-state index is 0.687. The summed E-state index contributed by atoms with van der Waals surface area (Å²) in [4.78, 5) is 4.68. The standard InChI is InChI=1S/C14H14ClNO2/c1-17-12-6-9-11(7-13(12)18-2)16-10-5-3-4-8(10)14(9)15/h6-7H,3-5H2,1-2H3. The molecule has 1 aliphatic carbocycles. The van der Waals surface area contributed by atoms with Gasteiger partial charge in [-0.2, -0.15) is 0 Å². The summed E-state index contributed by atoms with van der Waals surface area (Å²) in [6.45, 7) is 0. The van der Waals surface area contributed by atoms with E-state index in [0.717, 1.165) is 40.9 Å². The van der Waals surface area contributed by atoms with Crippen molar-refractivity contribution < 1.29 is 9.47 Å². The Morgan fingerprint density at radius 2 is 1.83 bits per heavy atom. The highest BCUT2D eigenvalue weighted by molar-refractivity contribution is 6.36. The predicted octanol–water partition coefficient (Wildman–Crippen LogP) is 3.39. The average Bonchev–Trinajstić information content (AvgIpc) is 2.86. The molecule has 3 rings (SSSR count). The van der Waals surface area contributed by atoms with Gasteiger partial charge in [-0.05, 0) is 30.9 Å². The smallest absolute Gasteiger partial charge is 0.162 e. The first-order chi connectivity index (χ1) is 8.74. The van der Waals surface area contributed by atoms with E-state index < -0.39 is 0 Å². The normalized spacial score (nSPS) is 13.7. The Morgan fingerprint density at radius 3 is 2.56 bits per heavy atom. The van der Waals surface area contributed by atoms with Gasteiger partial charge >= 0.3 is 0 Å². The molecule has 0 spiro atoms. The van der Waals surface area contributed by atoms with E-state index in [9.17, 15) is 0 Å². The van der Waals surface area contributed by atoms with Crippen molar-refractivity contribution in [2.24, 2.45) is 0 Å². The number of aryl methyl sites for hydroxylation is 1. The molecular weight excluding hydrogens is 250 g/mol. The van der Waals surface area contributed by atoms with Crippen molar-refractivity contribution in [2.75, 3.05) is 14.2 Å². The van der Waals surface area contributed by atoms with Crippen LogP contribution in [-0.2, 0) is 12.8 Å². The molecule has 4 heteroatoms. The van der Waals surface area contributed by atoms with Crippen LogP contribution in [0, 0.1) is 0 Å². The maximum absolute atomic E-state index is 6.48. The van der Waals surface area contributed by atoms with Gasteiger partial charge in [0.2, 0.25) is 0 Å². The highest BCUT2D eigenvalue weighted by Gasteiger charge is 2.19. The molecule has 94 valence electrons. The van der Waals surface area contributed by atoms with Crippen LogP contribution >= 0.6 is 11.6 Å². The molecule has 1 aliphatic rings. The molecule has 0 amide bonds. The molecule has 0 radical (unpaired) electrons. The number of nitrogens with zero attached hydrogens (tertiary/aromatic N) is 1. The minimum absolute atomic E-state index is 0.687. The number of ether oxygens (including phenoxy) is 2. The number of aromatic nitrogens is 1. The number of fused-ring (bicyclic) bond motifs is 2. The van der Waals surface area contributed by atoms with E-state index in [1.807, 2.05) is 12.1 Å². The van der Waals surface area contributed by atoms with Gasteiger partial charge < -0.3 is 9.47 Å². The summed E-state index contributed by atoms with van der Waals surface area (Å²) in [5, 5.41) is 1.75. The largest absolute Gasteiger partial charge is 0.493 e. The van der Waals surface area contributed by atoms with Gasteiger partial charge in [-0.3, -0.25) is 4.98 Å². The molecule has 1 aromatic heterocycles. The van der Waals surface area contributed by atoms with Gasteiger partial charge in [0.25, 0.3) is 0 Å². The molecule has 0 bridgehead atoms. The molecule has 0 aliphatic heterocycles. The lowest BCUT2D eigenvalue weighted by atomic mass is 10.1. The van der Waals surface area contributed by atoms with E-state index in [1.165, 1.54) is 5.56 Å². The zero-order chi connectivity index (χ0) is 12.7. The molecule has 3 nitrogen and oxygen atoms in total. The first-order valence-corrected chi connectivity index (χ1v) is 6.35. The maximum Gasteiger partial charge on any atom is 0.162 e. The van der Waals surface area contributed by atoms with Crippen molar-refractivity contribution in [1.29, 1.82) is 0 Å². The Bertz CT molecular complexity index is 625. The monoisotopic (exact) mass is 263 g/mol.